The topological polar surface area (TPSA) is 83.0 Å². The SMILES string of the molecule is Cc1ccc(F)c2cc(C(=O)N[C@@H]3CCC[C@H](N4CCn5c(nccc5=O)C4)C3)[nH]c12. The number of aromatic nitrogens is 3. The highest BCUT2D eigenvalue weighted by Gasteiger charge is 2.30. The molecule has 3 heterocycles. The molecule has 0 spiro atoms. The van der Waals surface area contributed by atoms with Crippen molar-refractivity contribution in [2.75, 3.05) is 6.54 Å². The highest BCUT2D eigenvalue weighted by molar-refractivity contribution is 5.99. The first kappa shape index (κ1) is 19.9. The molecule has 0 unspecified atom stereocenters. The van der Waals surface area contributed by atoms with Crippen LogP contribution in [0, 0.1) is 12.7 Å². The summed E-state index contributed by atoms with van der Waals surface area (Å²) in [4.78, 5) is 34.7. The van der Waals surface area contributed by atoms with Gasteiger partial charge in [0.25, 0.3) is 11.5 Å². The molecule has 1 aliphatic carbocycles. The van der Waals surface area contributed by atoms with Crippen LogP contribution < -0.4 is 10.9 Å². The van der Waals surface area contributed by atoms with Gasteiger partial charge in [-0.15, -0.1) is 0 Å². The van der Waals surface area contributed by atoms with E-state index in [0.29, 0.717) is 35.7 Å². The van der Waals surface area contributed by atoms with Gasteiger partial charge in [-0.2, -0.15) is 0 Å². The summed E-state index contributed by atoms with van der Waals surface area (Å²) >= 11 is 0. The van der Waals surface area contributed by atoms with E-state index in [9.17, 15) is 14.0 Å². The van der Waals surface area contributed by atoms with Gasteiger partial charge in [0, 0.05) is 42.8 Å². The zero-order valence-electron chi connectivity index (χ0n) is 17.5. The van der Waals surface area contributed by atoms with E-state index in [4.69, 9.17) is 0 Å². The van der Waals surface area contributed by atoms with Gasteiger partial charge in [-0.05, 0) is 50.3 Å². The first-order chi connectivity index (χ1) is 15.0. The van der Waals surface area contributed by atoms with Crippen LogP contribution in [0.15, 0.2) is 35.3 Å². The van der Waals surface area contributed by atoms with E-state index in [2.05, 4.69) is 20.2 Å². The number of aryl methyl sites for hydroxylation is 1. The van der Waals surface area contributed by atoms with Gasteiger partial charge >= 0.3 is 0 Å². The lowest BCUT2D eigenvalue weighted by Crippen LogP contribution is -2.49. The molecule has 31 heavy (non-hydrogen) atoms. The highest BCUT2D eigenvalue weighted by atomic mass is 19.1. The molecule has 0 radical (unpaired) electrons. The van der Waals surface area contributed by atoms with Crippen LogP contribution in [-0.4, -0.2) is 44.0 Å². The minimum atomic E-state index is -0.327. The van der Waals surface area contributed by atoms with Gasteiger partial charge < -0.3 is 10.3 Å². The largest absolute Gasteiger partial charge is 0.350 e. The lowest BCUT2D eigenvalue weighted by atomic mass is 9.89. The Morgan fingerprint density at radius 2 is 2.13 bits per heavy atom. The zero-order valence-corrected chi connectivity index (χ0v) is 17.5. The molecule has 2 aromatic heterocycles. The van der Waals surface area contributed by atoms with E-state index in [1.54, 1.807) is 22.9 Å². The Balaban J connectivity index is 1.27. The summed E-state index contributed by atoms with van der Waals surface area (Å²) < 4.78 is 15.9. The third kappa shape index (κ3) is 3.76. The molecule has 5 rings (SSSR count). The van der Waals surface area contributed by atoms with Crippen LogP contribution in [0.3, 0.4) is 0 Å². The van der Waals surface area contributed by atoms with Gasteiger partial charge in [0.2, 0.25) is 0 Å². The number of hydrogen-bond acceptors (Lipinski definition) is 4. The Kier molecular flexibility index (Phi) is 5.09. The molecule has 2 atom stereocenters. The van der Waals surface area contributed by atoms with Crippen molar-refractivity contribution in [2.45, 2.75) is 57.8 Å². The Labute approximate surface area is 179 Å². The quantitative estimate of drug-likeness (QED) is 0.679. The lowest BCUT2D eigenvalue weighted by Gasteiger charge is -2.39. The molecule has 1 saturated carbocycles. The van der Waals surface area contributed by atoms with Crippen LogP contribution in [0.5, 0.6) is 0 Å². The van der Waals surface area contributed by atoms with Gasteiger partial charge in [-0.1, -0.05) is 6.07 Å². The minimum Gasteiger partial charge on any atom is -0.350 e. The number of carbonyl (C=O) groups excluding carboxylic acids is 1. The molecule has 3 aromatic rings. The molecule has 0 saturated heterocycles. The second-order valence-corrected chi connectivity index (χ2v) is 8.65. The number of rotatable bonds is 3. The third-order valence-corrected chi connectivity index (χ3v) is 6.67. The molecule has 8 heteroatoms. The van der Waals surface area contributed by atoms with Crippen molar-refractivity contribution in [2.24, 2.45) is 0 Å². The van der Waals surface area contributed by atoms with E-state index in [0.717, 1.165) is 43.6 Å². The molecule has 7 nitrogen and oxygen atoms in total. The van der Waals surface area contributed by atoms with Crippen molar-refractivity contribution in [1.82, 2.24) is 24.8 Å². The number of carbonyl (C=O) groups is 1. The van der Waals surface area contributed by atoms with Crippen molar-refractivity contribution < 1.29 is 9.18 Å². The average molecular weight is 423 g/mol. The van der Waals surface area contributed by atoms with Gasteiger partial charge in [-0.25, -0.2) is 9.37 Å². The molecule has 1 aromatic carbocycles. The molecule has 1 aliphatic heterocycles. The number of hydrogen-bond donors (Lipinski definition) is 2. The van der Waals surface area contributed by atoms with E-state index in [1.807, 2.05) is 6.92 Å². The van der Waals surface area contributed by atoms with Crippen LogP contribution in [-0.2, 0) is 13.1 Å². The fourth-order valence-corrected chi connectivity index (χ4v) is 4.98. The summed E-state index contributed by atoms with van der Waals surface area (Å²) in [7, 11) is 0. The first-order valence-corrected chi connectivity index (χ1v) is 10.9. The lowest BCUT2D eigenvalue weighted by molar-refractivity contribution is 0.0845. The molecule has 2 N–H and O–H groups in total. The number of nitrogens with one attached hydrogen (secondary N) is 2. The maximum atomic E-state index is 14.1. The summed E-state index contributed by atoms with van der Waals surface area (Å²) in [6.45, 7) is 4.01. The summed E-state index contributed by atoms with van der Waals surface area (Å²) in [5.74, 6) is 0.282. The van der Waals surface area contributed by atoms with Crippen molar-refractivity contribution in [1.29, 1.82) is 0 Å². The second kappa shape index (κ2) is 7.92. The van der Waals surface area contributed by atoms with Gasteiger partial charge in [0.1, 0.15) is 17.3 Å². The molecule has 2 aliphatic rings. The molecular formula is C23H26FN5O2. The van der Waals surface area contributed by atoms with E-state index in [1.165, 1.54) is 12.1 Å². The van der Waals surface area contributed by atoms with Gasteiger partial charge in [0.05, 0.1) is 12.1 Å². The number of nitrogens with zero attached hydrogens (tertiary/aromatic N) is 3. The zero-order chi connectivity index (χ0) is 21.5. The Bertz CT molecular complexity index is 1160. The van der Waals surface area contributed by atoms with Crippen molar-refractivity contribution >= 4 is 16.8 Å². The number of aromatic amines is 1. The second-order valence-electron chi connectivity index (χ2n) is 8.65. The normalized spacial score (nSPS) is 21.7. The third-order valence-electron chi connectivity index (χ3n) is 6.67. The first-order valence-electron chi connectivity index (χ1n) is 10.9. The number of halogens is 1. The Hall–Kier alpha value is -3.00. The van der Waals surface area contributed by atoms with E-state index >= 15 is 0 Å². The van der Waals surface area contributed by atoms with Crippen LogP contribution >= 0.6 is 0 Å². The minimum absolute atomic E-state index is 0.00319. The Morgan fingerprint density at radius 1 is 1.26 bits per heavy atom. The predicted octanol–water partition coefficient (Wildman–Crippen LogP) is 2.73. The van der Waals surface area contributed by atoms with E-state index in [-0.39, 0.29) is 23.3 Å². The number of H-pyrrole nitrogens is 1. The summed E-state index contributed by atoms with van der Waals surface area (Å²) in [6, 6.07) is 6.64. The van der Waals surface area contributed by atoms with Crippen LogP contribution in [0.4, 0.5) is 4.39 Å². The summed E-state index contributed by atoms with van der Waals surface area (Å²) in [6.07, 6.45) is 5.46. The van der Waals surface area contributed by atoms with Crippen molar-refractivity contribution in [3.05, 3.63) is 63.7 Å². The number of fused-ring (bicyclic) bond motifs is 2. The fraction of sp³-hybridized carbons (Fsp3) is 0.435. The maximum Gasteiger partial charge on any atom is 0.267 e. The van der Waals surface area contributed by atoms with E-state index < -0.39 is 0 Å². The molecule has 0 bridgehead atoms. The van der Waals surface area contributed by atoms with Gasteiger partial charge in [-0.3, -0.25) is 19.1 Å². The predicted molar refractivity (Wildman–Crippen MR) is 115 cm³/mol. The van der Waals surface area contributed by atoms with Crippen LogP contribution in [0.2, 0.25) is 0 Å². The van der Waals surface area contributed by atoms with Crippen LogP contribution in [0.25, 0.3) is 10.9 Å². The average Bonchev–Trinajstić information content (AvgIpc) is 3.24. The molecular weight excluding hydrogens is 397 g/mol. The summed E-state index contributed by atoms with van der Waals surface area (Å²) in [5.41, 5.74) is 1.97. The van der Waals surface area contributed by atoms with Crippen LogP contribution in [0.1, 0.15) is 47.6 Å². The fourth-order valence-electron chi connectivity index (χ4n) is 4.98. The van der Waals surface area contributed by atoms with Crippen molar-refractivity contribution in [3.63, 3.8) is 0 Å². The molecule has 162 valence electrons. The maximum absolute atomic E-state index is 14.1. The smallest absolute Gasteiger partial charge is 0.267 e. The van der Waals surface area contributed by atoms with Crippen molar-refractivity contribution in [3.8, 4) is 0 Å². The Morgan fingerprint density at radius 3 is 2.97 bits per heavy atom. The summed E-state index contributed by atoms with van der Waals surface area (Å²) in [5, 5.41) is 3.59. The molecule has 1 fully saturated rings. The van der Waals surface area contributed by atoms with Gasteiger partial charge in [0.15, 0.2) is 0 Å². The monoisotopic (exact) mass is 423 g/mol. The standard InChI is InChI=1S/C23H26FN5O2/c1-14-5-6-18(24)17-12-19(27-22(14)17)23(31)26-15-3-2-4-16(11-15)28-9-10-29-20(13-28)25-8-7-21(29)30/h5-8,12,15-16,27H,2-4,9-11,13H2,1H3,(H,26,31)/t15-,16+/m1/s1. The number of benzene rings is 1. The molecule has 1 amide bonds. The highest BCUT2D eigenvalue weighted by Crippen LogP contribution is 2.27. The number of amides is 1.